The summed E-state index contributed by atoms with van der Waals surface area (Å²) in [5.41, 5.74) is 0. The van der Waals surface area contributed by atoms with Gasteiger partial charge in [0, 0.05) is 12.0 Å². The molecule has 114 valence electrons. The Labute approximate surface area is 119 Å². The van der Waals surface area contributed by atoms with E-state index < -0.39 is 18.1 Å². The molecule has 0 bridgehead atoms. The fourth-order valence-electron chi connectivity index (χ4n) is 3.44. The molecular weight excluding hydrogens is 261 g/mol. The molecule has 20 heavy (non-hydrogen) atoms. The predicted molar refractivity (Wildman–Crippen MR) is 73.0 cm³/mol. The molecular formula is C15H24FNO3. The molecule has 1 amide bonds. The molecule has 2 aliphatic rings. The van der Waals surface area contributed by atoms with Gasteiger partial charge in [-0.2, -0.15) is 0 Å². The number of carboxylic acids is 1. The quantitative estimate of drug-likeness (QED) is 0.783. The average molecular weight is 285 g/mol. The third-order valence-corrected chi connectivity index (χ3v) is 4.64. The molecule has 2 saturated carbocycles. The van der Waals surface area contributed by atoms with Gasteiger partial charge < -0.3 is 10.4 Å². The predicted octanol–water partition coefficient (Wildman–Crippen LogP) is 2.66. The summed E-state index contributed by atoms with van der Waals surface area (Å²) >= 11 is 0. The number of rotatable bonds is 3. The van der Waals surface area contributed by atoms with Gasteiger partial charge in [-0.3, -0.25) is 9.59 Å². The molecule has 4 nitrogen and oxygen atoms in total. The zero-order chi connectivity index (χ0) is 14.5. The Morgan fingerprint density at radius 1 is 1.00 bits per heavy atom. The summed E-state index contributed by atoms with van der Waals surface area (Å²) in [6, 6.07) is -0.289. The summed E-state index contributed by atoms with van der Waals surface area (Å²) in [5.74, 6) is -1.75. The number of carboxylic acid groups (broad SMARTS) is 1. The third kappa shape index (κ3) is 3.93. The van der Waals surface area contributed by atoms with Crippen LogP contribution in [0.25, 0.3) is 0 Å². The first-order valence-electron chi connectivity index (χ1n) is 7.75. The Kier molecular flexibility index (Phi) is 5.38. The van der Waals surface area contributed by atoms with Crippen LogP contribution in [0.3, 0.4) is 0 Å². The average Bonchev–Trinajstić information content (AvgIpc) is 2.64. The van der Waals surface area contributed by atoms with Gasteiger partial charge in [0.1, 0.15) is 6.17 Å². The lowest BCUT2D eigenvalue weighted by Gasteiger charge is -2.28. The van der Waals surface area contributed by atoms with Crippen LogP contribution < -0.4 is 5.32 Å². The van der Waals surface area contributed by atoms with Crippen molar-refractivity contribution in [2.45, 2.75) is 70.0 Å². The van der Waals surface area contributed by atoms with Gasteiger partial charge in [-0.05, 0) is 38.5 Å². The SMILES string of the molecule is O=C(N[C@H]1CCCCC[C@H]1C(=O)O)C1CCCC(F)C1. The van der Waals surface area contributed by atoms with Crippen LogP contribution in [0.2, 0.25) is 0 Å². The van der Waals surface area contributed by atoms with Crippen molar-refractivity contribution in [2.75, 3.05) is 0 Å². The molecule has 5 heteroatoms. The summed E-state index contributed by atoms with van der Waals surface area (Å²) in [6.07, 6.45) is 5.62. The van der Waals surface area contributed by atoms with Crippen LogP contribution in [-0.4, -0.2) is 29.2 Å². The van der Waals surface area contributed by atoms with Crippen molar-refractivity contribution in [3.05, 3.63) is 0 Å². The Hall–Kier alpha value is -1.13. The van der Waals surface area contributed by atoms with Gasteiger partial charge in [-0.25, -0.2) is 4.39 Å². The fraction of sp³-hybridized carbons (Fsp3) is 0.867. The van der Waals surface area contributed by atoms with E-state index in [0.717, 1.165) is 32.1 Å². The number of halogens is 1. The van der Waals surface area contributed by atoms with Crippen molar-refractivity contribution in [2.24, 2.45) is 11.8 Å². The van der Waals surface area contributed by atoms with Crippen LogP contribution in [0.15, 0.2) is 0 Å². The molecule has 2 rings (SSSR count). The minimum absolute atomic E-state index is 0.148. The Bertz CT molecular complexity index is 361. The number of carbonyl (C=O) groups is 2. The van der Waals surface area contributed by atoms with Crippen LogP contribution >= 0.6 is 0 Å². The molecule has 0 aromatic rings. The maximum atomic E-state index is 13.4. The number of hydrogen-bond donors (Lipinski definition) is 2. The summed E-state index contributed by atoms with van der Waals surface area (Å²) in [5, 5.41) is 12.2. The van der Waals surface area contributed by atoms with Crippen molar-refractivity contribution in [1.82, 2.24) is 5.32 Å². The number of amides is 1. The minimum Gasteiger partial charge on any atom is -0.481 e. The molecule has 0 aromatic carbocycles. The molecule has 2 fully saturated rings. The first kappa shape index (κ1) is 15.3. The van der Waals surface area contributed by atoms with E-state index in [4.69, 9.17) is 0 Å². The zero-order valence-electron chi connectivity index (χ0n) is 11.8. The number of hydrogen-bond acceptors (Lipinski definition) is 2. The van der Waals surface area contributed by atoms with E-state index in [-0.39, 0.29) is 24.3 Å². The van der Waals surface area contributed by atoms with Crippen LogP contribution in [0.4, 0.5) is 4.39 Å². The molecule has 2 aliphatic carbocycles. The van der Waals surface area contributed by atoms with E-state index in [2.05, 4.69) is 5.32 Å². The third-order valence-electron chi connectivity index (χ3n) is 4.64. The zero-order valence-corrected chi connectivity index (χ0v) is 11.8. The largest absolute Gasteiger partial charge is 0.481 e. The maximum Gasteiger partial charge on any atom is 0.308 e. The lowest BCUT2D eigenvalue weighted by Crippen LogP contribution is -2.46. The first-order chi connectivity index (χ1) is 9.58. The molecule has 0 spiro atoms. The Morgan fingerprint density at radius 2 is 1.75 bits per heavy atom. The van der Waals surface area contributed by atoms with Gasteiger partial charge in [-0.1, -0.05) is 19.3 Å². The second kappa shape index (κ2) is 7.04. The van der Waals surface area contributed by atoms with Crippen molar-refractivity contribution in [3.8, 4) is 0 Å². The van der Waals surface area contributed by atoms with Crippen molar-refractivity contribution in [3.63, 3.8) is 0 Å². The summed E-state index contributed by atoms with van der Waals surface area (Å²) in [6.45, 7) is 0. The topological polar surface area (TPSA) is 66.4 Å². The van der Waals surface area contributed by atoms with Gasteiger partial charge in [0.2, 0.25) is 5.91 Å². The molecule has 0 aromatic heterocycles. The van der Waals surface area contributed by atoms with E-state index in [1.54, 1.807) is 0 Å². The highest BCUT2D eigenvalue weighted by Crippen LogP contribution is 2.28. The lowest BCUT2D eigenvalue weighted by molar-refractivity contribution is -0.143. The maximum absolute atomic E-state index is 13.4. The van der Waals surface area contributed by atoms with Gasteiger partial charge in [-0.15, -0.1) is 0 Å². The molecule has 0 radical (unpaired) electrons. The van der Waals surface area contributed by atoms with Crippen molar-refractivity contribution in [1.29, 1.82) is 0 Å². The summed E-state index contributed by atoms with van der Waals surface area (Å²) < 4.78 is 13.4. The Morgan fingerprint density at radius 3 is 2.45 bits per heavy atom. The standard InChI is InChI=1S/C15H24FNO3/c16-11-6-4-5-10(9-11)14(18)17-13-8-3-1-2-7-12(13)15(19)20/h10-13H,1-9H2,(H,17,18)(H,19,20)/t10?,11?,12-,13+/m1/s1. The number of nitrogens with one attached hydrogen (secondary N) is 1. The molecule has 0 heterocycles. The van der Waals surface area contributed by atoms with E-state index in [1.165, 1.54) is 0 Å². The number of aliphatic carboxylic acids is 1. The van der Waals surface area contributed by atoms with Crippen LogP contribution in [-0.2, 0) is 9.59 Å². The minimum atomic E-state index is -0.885. The van der Waals surface area contributed by atoms with Gasteiger partial charge >= 0.3 is 5.97 Å². The molecule has 2 unspecified atom stereocenters. The summed E-state index contributed by atoms with van der Waals surface area (Å²) in [4.78, 5) is 23.5. The molecule has 0 aliphatic heterocycles. The normalized spacial score (nSPS) is 35.0. The van der Waals surface area contributed by atoms with Gasteiger partial charge in [0.05, 0.1) is 5.92 Å². The monoisotopic (exact) mass is 285 g/mol. The van der Waals surface area contributed by atoms with E-state index in [1.807, 2.05) is 0 Å². The van der Waals surface area contributed by atoms with E-state index in [0.29, 0.717) is 19.3 Å². The van der Waals surface area contributed by atoms with Crippen LogP contribution in [0.1, 0.15) is 57.8 Å². The van der Waals surface area contributed by atoms with E-state index >= 15 is 0 Å². The smallest absolute Gasteiger partial charge is 0.308 e. The Balaban J connectivity index is 1.94. The van der Waals surface area contributed by atoms with Crippen LogP contribution in [0.5, 0.6) is 0 Å². The fourth-order valence-corrected chi connectivity index (χ4v) is 3.44. The molecule has 0 saturated heterocycles. The molecule has 2 N–H and O–H groups in total. The highest BCUT2D eigenvalue weighted by Gasteiger charge is 2.33. The summed E-state index contributed by atoms with van der Waals surface area (Å²) in [7, 11) is 0. The van der Waals surface area contributed by atoms with Crippen molar-refractivity contribution < 1.29 is 19.1 Å². The first-order valence-corrected chi connectivity index (χ1v) is 7.75. The number of carbonyl (C=O) groups excluding carboxylic acids is 1. The molecule has 4 atom stereocenters. The van der Waals surface area contributed by atoms with Crippen LogP contribution in [0, 0.1) is 11.8 Å². The highest BCUT2D eigenvalue weighted by molar-refractivity contribution is 5.80. The number of alkyl halides is 1. The second-order valence-corrected chi connectivity index (χ2v) is 6.16. The highest BCUT2D eigenvalue weighted by atomic mass is 19.1. The second-order valence-electron chi connectivity index (χ2n) is 6.16. The lowest BCUT2D eigenvalue weighted by atomic mass is 9.86. The van der Waals surface area contributed by atoms with Gasteiger partial charge in [0.25, 0.3) is 0 Å². The van der Waals surface area contributed by atoms with E-state index in [9.17, 15) is 19.1 Å². The van der Waals surface area contributed by atoms with Crippen molar-refractivity contribution >= 4 is 11.9 Å². The van der Waals surface area contributed by atoms with Gasteiger partial charge in [0.15, 0.2) is 0 Å².